The molecule has 0 saturated heterocycles. The summed E-state index contributed by atoms with van der Waals surface area (Å²) in [6.45, 7) is 4.13. The molecule has 0 spiro atoms. The summed E-state index contributed by atoms with van der Waals surface area (Å²) in [6, 6.07) is 12.7. The zero-order chi connectivity index (χ0) is 21.4. The Labute approximate surface area is 177 Å². The van der Waals surface area contributed by atoms with Gasteiger partial charge in [-0.05, 0) is 56.0 Å². The van der Waals surface area contributed by atoms with Crippen molar-refractivity contribution in [3.8, 4) is 11.5 Å². The molecule has 2 aliphatic rings. The zero-order valence-electron chi connectivity index (χ0n) is 17.3. The van der Waals surface area contributed by atoms with Gasteiger partial charge in [-0.3, -0.25) is 4.79 Å². The highest BCUT2D eigenvalue weighted by atomic mass is 32.2. The van der Waals surface area contributed by atoms with Crippen LogP contribution in [0, 0.1) is 13.8 Å². The smallest absolute Gasteiger partial charge is 0.241 e. The first-order valence-electron chi connectivity index (χ1n) is 10.3. The van der Waals surface area contributed by atoms with E-state index in [1.807, 2.05) is 37.3 Å². The number of para-hydroxylation sites is 2. The molecule has 7 heteroatoms. The molecule has 1 unspecified atom stereocenters. The van der Waals surface area contributed by atoms with E-state index >= 15 is 0 Å². The van der Waals surface area contributed by atoms with Crippen molar-refractivity contribution in [1.82, 2.24) is 5.32 Å². The minimum atomic E-state index is -3.84. The van der Waals surface area contributed by atoms with Gasteiger partial charge in [0.05, 0.1) is 11.4 Å². The predicted molar refractivity (Wildman–Crippen MR) is 114 cm³/mol. The summed E-state index contributed by atoms with van der Waals surface area (Å²) in [5, 5.41) is 2.85. The predicted octanol–water partition coefficient (Wildman–Crippen LogP) is 3.35. The van der Waals surface area contributed by atoms with Crippen LogP contribution in [-0.2, 0) is 14.6 Å². The molecule has 6 nitrogen and oxygen atoms in total. The minimum absolute atomic E-state index is 0.192. The number of nitrogens with one attached hydrogen (secondary N) is 1. The molecular weight excluding hydrogens is 402 g/mol. The van der Waals surface area contributed by atoms with Crippen LogP contribution in [0.15, 0.2) is 47.4 Å². The van der Waals surface area contributed by atoms with Crippen molar-refractivity contribution in [2.24, 2.45) is 0 Å². The van der Waals surface area contributed by atoms with Gasteiger partial charge >= 0.3 is 0 Å². The van der Waals surface area contributed by atoms with Gasteiger partial charge in [0.1, 0.15) is 12.7 Å². The van der Waals surface area contributed by atoms with Crippen LogP contribution in [-0.4, -0.2) is 38.3 Å². The number of fused-ring (bicyclic) bond motifs is 1. The van der Waals surface area contributed by atoms with E-state index in [-0.39, 0.29) is 17.5 Å². The molecule has 0 radical (unpaired) electrons. The summed E-state index contributed by atoms with van der Waals surface area (Å²) in [7, 11) is -3.84. The maximum Gasteiger partial charge on any atom is 0.241 e. The van der Waals surface area contributed by atoms with Crippen LogP contribution in [0.5, 0.6) is 11.5 Å². The fourth-order valence-corrected chi connectivity index (χ4v) is 6.70. The summed E-state index contributed by atoms with van der Waals surface area (Å²) in [5.74, 6) is 0.856. The van der Waals surface area contributed by atoms with Gasteiger partial charge in [-0.2, -0.15) is 0 Å². The molecule has 1 amide bonds. The van der Waals surface area contributed by atoms with Gasteiger partial charge in [-0.15, -0.1) is 0 Å². The molecule has 160 valence electrons. The molecule has 1 N–H and O–H groups in total. The standard InChI is InChI=1S/C23H27NO5S/c1-16-9-10-17(2)21(13-16)30(26,27)23(11-5-6-12-23)22(25)24-14-18-15-28-19-7-3-4-8-20(19)29-18/h3-4,7-10,13,18H,5-6,11-12,14-15H2,1-2H3,(H,24,25). The lowest BCUT2D eigenvalue weighted by Gasteiger charge is -2.31. The highest BCUT2D eigenvalue weighted by molar-refractivity contribution is 7.93. The number of carbonyl (C=O) groups is 1. The van der Waals surface area contributed by atoms with E-state index in [1.54, 1.807) is 19.1 Å². The molecule has 1 aliphatic carbocycles. The molecular formula is C23H27NO5S. The number of sulfone groups is 1. The maximum atomic E-state index is 13.7. The number of hydrogen-bond acceptors (Lipinski definition) is 5. The summed E-state index contributed by atoms with van der Waals surface area (Å²) in [5.41, 5.74) is 1.53. The quantitative estimate of drug-likeness (QED) is 0.788. The molecule has 4 rings (SSSR count). The number of amides is 1. The van der Waals surface area contributed by atoms with Crippen LogP contribution in [0.2, 0.25) is 0 Å². The fourth-order valence-electron chi connectivity index (χ4n) is 4.30. The van der Waals surface area contributed by atoms with Gasteiger partial charge in [0.25, 0.3) is 0 Å². The van der Waals surface area contributed by atoms with E-state index in [0.717, 1.165) is 5.56 Å². The second-order valence-electron chi connectivity index (χ2n) is 8.18. The second kappa shape index (κ2) is 7.95. The van der Waals surface area contributed by atoms with Crippen LogP contribution >= 0.6 is 0 Å². The third-order valence-corrected chi connectivity index (χ3v) is 8.67. The Bertz CT molecular complexity index is 1060. The first-order chi connectivity index (χ1) is 14.3. The third-order valence-electron chi connectivity index (χ3n) is 6.03. The number of benzene rings is 2. The van der Waals surface area contributed by atoms with Gasteiger partial charge in [0, 0.05) is 0 Å². The highest BCUT2D eigenvalue weighted by Crippen LogP contribution is 2.42. The maximum absolute atomic E-state index is 13.7. The van der Waals surface area contributed by atoms with Crippen LogP contribution < -0.4 is 14.8 Å². The van der Waals surface area contributed by atoms with Crippen molar-refractivity contribution < 1.29 is 22.7 Å². The lowest BCUT2D eigenvalue weighted by atomic mass is 10.1. The Kier molecular flexibility index (Phi) is 5.49. The zero-order valence-corrected chi connectivity index (χ0v) is 18.1. The van der Waals surface area contributed by atoms with Crippen LogP contribution in [0.1, 0.15) is 36.8 Å². The van der Waals surface area contributed by atoms with Crippen molar-refractivity contribution in [3.63, 3.8) is 0 Å². The van der Waals surface area contributed by atoms with Crippen molar-refractivity contribution >= 4 is 15.7 Å². The van der Waals surface area contributed by atoms with Gasteiger partial charge in [0.2, 0.25) is 5.91 Å². The van der Waals surface area contributed by atoms with Gasteiger partial charge in [-0.1, -0.05) is 37.1 Å². The molecule has 0 bridgehead atoms. The fraction of sp³-hybridized carbons (Fsp3) is 0.435. The van der Waals surface area contributed by atoms with Crippen molar-refractivity contribution in [2.45, 2.75) is 55.3 Å². The molecule has 2 aromatic rings. The van der Waals surface area contributed by atoms with Crippen LogP contribution in [0.4, 0.5) is 0 Å². The van der Waals surface area contributed by atoms with E-state index in [4.69, 9.17) is 9.47 Å². The summed E-state index contributed by atoms with van der Waals surface area (Å²) < 4.78 is 37.5. The molecule has 1 aliphatic heterocycles. The van der Waals surface area contributed by atoms with Crippen molar-refractivity contribution in [3.05, 3.63) is 53.6 Å². The Hall–Kier alpha value is -2.54. The Morgan fingerprint density at radius 3 is 2.53 bits per heavy atom. The number of rotatable bonds is 5. The number of aryl methyl sites for hydroxylation is 2. The Balaban J connectivity index is 1.54. The monoisotopic (exact) mass is 429 g/mol. The first kappa shape index (κ1) is 20.7. The average Bonchev–Trinajstić information content (AvgIpc) is 3.25. The molecule has 2 aromatic carbocycles. The normalized spacial score (nSPS) is 20.0. The van der Waals surface area contributed by atoms with Crippen molar-refractivity contribution in [1.29, 1.82) is 0 Å². The van der Waals surface area contributed by atoms with Gasteiger partial charge in [0.15, 0.2) is 26.1 Å². The lowest BCUT2D eigenvalue weighted by molar-refractivity contribution is -0.124. The second-order valence-corrected chi connectivity index (χ2v) is 10.4. The van der Waals surface area contributed by atoms with Crippen LogP contribution in [0.25, 0.3) is 0 Å². The highest BCUT2D eigenvalue weighted by Gasteiger charge is 2.53. The van der Waals surface area contributed by atoms with Crippen LogP contribution in [0.3, 0.4) is 0 Å². The van der Waals surface area contributed by atoms with E-state index in [1.165, 1.54) is 0 Å². The SMILES string of the molecule is Cc1ccc(C)c(S(=O)(=O)C2(C(=O)NCC3COc4ccccc4O3)CCCC2)c1. The minimum Gasteiger partial charge on any atom is -0.486 e. The van der Waals surface area contributed by atoms with E-state index in [0.29, 0.717) is 49.4 Å². The number of hydrogen-bond donors (Lipinski definition) is 1. The Morgan fingerprint density at radius 2 is 1.80 bits per heavy atom. The number of carbonyl (C=O) groups excluding carboxylic acids is 1. The molecule has 1 heterocycles. The van der Waals surface area contributed by atoms with Gasteiger partial charge in [-0.25, -0.2) is 8.42 Å². The van der Waals surface area contributed by atoms with E-state index in [9.17, 15) is 13.2 Å². The van der Waals surface area contributed by atoms with Crippen molar-refractivity contribution in [2.75, 3.05) is 13.2 Å². The summed E-state index contributed by atoms with van der Waals surface area (Å²) in [4.78, 5) is 13.5. The first-order valence-corrected chi connectivity index (χ1v) is 11.8. The Morgan fingerprint density at radius 1 is 1.10 bits per heavy atom. The van der Waals surface area contributed by atoms with E-state index < -0.39 is 20.5 Å². The largest absolute Gasteiger partial charge is 0.486 e. The molecule has 1 saturated carbocycles. The van der Waals surface area contributed by atoms with Gasteiger partial charge < -0.3 is 14.8 Å². The lowest BCUT2D eigenvalue weighted by Crippen LogP contribution is -2.53. The van der Waals surface area contributed by atoms with E-state index in [2.05, 4.69) is 5.32 Å². The number of ether oxygens (including phenoxy) is 2. The topological polar surface area (TPSA) is 81.7 Å². The average molecular weight is 430 g/mol. The molecule has 30 heavy (non-hydrogen) atoms. The molecule has 1 fully saturated rings. The summed E-state index contributed by atoms with van der Waals surface area (Å²) in [6.07, 6.45) is 1.73. The third kappa shape index (κ3) is 3.55. The molecule has 1 atom stereocenters. The summed E-state index contributed by atoms with van der Waals surface area (Å²) >= 11 is 0. The molecule has 0 aromatic heterocycles.